The Bertz CT molecular complexity index is 700. The molecule has 2 aliphatic rings. The Balaban J connectivity index is 2.06. The van der Waals surface area contributed by atoms with Gasteiger partial charge >= 0.3 is 0 Å². The van der Waals surface area contributed by atoms with Crippen molar-refractivity contribution in [2.45, 2.75) is 25.0 Å². The minimum absolute atomic E-state index is 0.130. The molecule has 98 valence electrons. The van der Waals surface area contributed by atoms with Crippen molar-refractivity contribution in [1.82, 2.24) is 9.88 Å². The summed E-state index contributed by atoms with van der Waals surface area (Å²) in [7, 11) is 2.10. The van der Waals surface area contributed by atoms with E-state index in [0.717, 1.165) is 24.0 Å². The Morgan fingerprint density at radius 3 is 3.11 bits per heavy atom. The number of nitrogens with one attached hydrogen (secondary N) is 1. The van der Waals surface area contributed by atoms with E-state index in [-0.39, 0.29) is 6.04 Å². The molecule has 4 rings (SSSR count). The van der Waals surface area contributed by atoms with E-state index >= 15 is 0 Å². The quantitative estimate of drug-likeness (QED) is 0.707. The van der Waals surface area contributed by atoms with Crippen molar-refractivity contribution in [3.8, 4) is 0 Å². The molecule has 1 aromatic heterocycles. The molecule has 3 heteroatoms. The SMILES string of the molecule is CC1=C[C@]2(O)c3cccc4[nH]cc(c34)C[C@H]2N(C)C1. The van der Waals surface area contributed by atoms with Crippen molar-refractivity contribution in [3.63, 3.8) is 0 Å². The van der Waals surface area contributed by atoms with Gasteiger partial charge in [0.1, 0.15) is 5.60 Å². The maximum absolute atomic E-state index is 11.3. The average Bonchev–Trinajstić information content (AvgIpc) is 2.76. The molecule has 1 aliphatic carbocycles. The van der Waals surface area contributed by atoms with Gasteiger partial charge in [0.25, 0.3) is 0 Å². The van der Waals surface area contributed by atoms with Crippen LogP contribution >= 0.6 is 0 Å². The van der Waals surface area contributed by atoms with Gasteiger partial charge in [0.15, 0.2) is 0 Å². The summed E-state index contributed by atoms with van der Waals surface area (Å²) in [6.07, 6.45) is 5.04. The molecule has 1 aromatic carbocycles. The van der Waals surface area contributed by atoms with Crippen LogP contribution in [-0.2, 0) is 12.0 Å². The van der Waals surface area contributed by atoms with Crippen molar-refractivity contribution in [2.24, 2.45) is 0 Å². The summed E-state index contributed by atoms with van der Waals surface area (Å²) in [5.74, 6) is 0. The van der Waals surface area contributed by atoms with E-state index < -0.39 is 5.60 Å². The number of hydrogen-bond acceptors (Lipinski definition) is 2. The smallest absolute Gasteiger partial charge is 0.124 e. The molecule has 0 radical (unpaired) electrons. The third-order valence-electron chi connectivity index (χ3n) is 4.64. The van der Waals surface area contributed by atoms with Gasteiger partial charge in [0.2, 0.25) is 0 Å². The molecule has 2 N–H and O–H groups in total. The van der Waals surface area contributed by atoms with Crippen LogP contribution in [0.1, 0.15) is 18.1 Å². The van der Waals surface area contributed by atoms with Gasteiger partial charge in [-0.2, -0.15) is 0 Å². The fourth-order valence-electron chi connectivity index (χ4n) is 3.88. The molecule has 2 heterocycles. The zero-order valence-electron chi connectivity index (χ0n) is 11.3. The largest absolute Gasteiger partial charge is 0.379 e. The summed E-state index contributed by atoms with van der Waals surface area (Å²) in [5, 5.41) is 12.5. The third kappa shape index (κ3) is 1.34. The molecule has 0 saturated heterocycles. The summed E-state index contributed by atoms with van der Waals surface area (Å²) >= 11 is 0. The van der Waals surface area contributed by atoms with Crippen LogP contribution in [0.4, 0.5) is 0 Å². The van der Waals surface area contributed by atoms with Crippen molar-refractivity contribution in [2.75, 3.05) is 13.6 Å². The van der Waals surface area contributed by atoms with Gasteiger partial charge in [-0.15, -0.1) is 0 Å². The minimum atomic E-state index is -0.855. The number of H-pyrrole nitrogens is 1. The van der Waals surface area contributed by atoms with Crippen LogP contribution in [-0.4, -0.2) is 34.6 Å². The number of rotatable bonds is 0. The van der Waals surface area contributed by atoms with Gasteiger partial charge in [-0.3, -0.25) is 4.90 Å². The maximum Gasteiger partial charge on any atom is 0.124 e. The van der Waals surface area contributed by atoms with Crippen LogP contribution in [0.5, 0.6) is 0 Å². The predicted molar refractivity (Wildman–Crippen MR) is 76.1 cm³/mol. The van der Waals surface area contributed by atoms with Crippen LogP contribution in [0.25, 0.3) is 10.9 Å². The molecule has 2 aromatic rings. The van der Waals surface area contributed by atoms with Crippen molar-refractivity contribution < 1.29 is 5.11 Å². The molecular weight excluding hydrogens is 236 g/mol. The monoisotopic (exact) mass is 254 g/mol. The van der Waals surface area contributed by atoms with E-state index in [9.17, 15) is 5.11 Å². The molecule has 1 aliphatic heterocycles. The van der Waals surface area contributed by atoms with Gasteiger partial charge in [0, 0.05) is 23.6 Å². The average molecular weight is 254 g/mol. The number of fused-ring (bicyclic) bond motifs is 2. The summed E-state index contributed by atoms with van der Waals surface area (Å²) in [6.45, 7) is 3.03. The lowest BCUT2D eigenvalue weighted by atomic mass is 9.73. The molecule has 0 unspecified atom stereocenters. The predicted octanol–water partition coefficient (Wildman–Crippen LogP) is 2.17. The first kappa shape index (κ1) is 11.3. The zero-order valence-corrected chi connectivity index (χ0v) is 11.3. The summed E-state index contributed by atoms with van der Waals surface area (Å²) in [5.41, 5.74) is 3.87. The lowest BCUT2D eigenvalue weighted by Gasteiger charge is -2.46. The molecule has 3 nitrogen and oxygen atoms in total. The Morgan fingerprint density at radius 1 is 1.42 bits per heavy atom. The van der Waals surface area contributed by atoms with E-state index in [2.05, 4.69) is 48.3 Å². The van der Waals surface area contributed by atoms with Crippen LogP contribution in [0.15, 0.2) is 36.0 Å². The van der Waals surface area contributed by atoms with E-state index in [0.29, 0.717) is 0 Å². The van der Waals surface area contributed by atoms with Gasteiger partial charge in [-0.1, -0.05) is 17.7 Å². The van der Waals surface area contributed by atoms with E-state index in [4.69, 9.17) is 0 Å². The van der Waals surface area contributed by atoms with E-state index in [1.165, 1.54) is 16.5 Å². The van der Waals surface area contributed by atoms with E-state index in [1.54, 1.807) is 0 Å². The summed E-state index contributed by atoms with van der Waals surface area (Å²) in [4.78, 5) is 5.59. The molecule has 19 heavy (non-hydrogen) atoms. The number of nitrogens with zero attached hydrogens (tertiary/aromatic N) is 1. The standard InChI is InChI=1S/C16H18N2O/c1-10-7-16(19)12-4-3-5-13-15(12)11(8-17-13)6-14(16)18(2)9-10/h3-5,7-8,14,17,19H,6,9H2,1-2H3/t14-,16+/m1/s1. The normalized spacial score (nSPS) is 30.3. The highest BCUT2D eigenvalue weighted by molar-refractivity contribution is 5.89. The molecule has 0 fully saturated rings. The first-order valence-corrected chi connectivity index (χ1v) is 6.80. The van der Waals surface area contributed by atoms with Gasteiger partial charge in [-0.25, -0.2) is 0 Å². The number of hydrogen-bond donors (Lipinski definition) is 2. The van der Waals surface area contributed by atoms with E-state index in [1.807, 2.05) is 6.07 Å². The second kappa shape index (κ2) is 3.50. The Hall–Kier alpha value is -1.58. The molecular formula is C16H18N2O. The Morgan fingerprint density at radius 2 is 2.26 bits per heavy atom. The first-order chi connectivity index (χ1) is 9.09. The topological polar surface area (TPSA) is 39.3 Å². The Labute approximate surface area is 112 Å². The number of benzene rings is 1. The van der Waals surface area contributed by atoms with Crippen LogP contribution < -0.4 is 0 Å². The molecule has 0 bridgehead atoms. The summed E-state index contributed by atoms with van der Waals surface area (Å²) < 4.78 is 0. The fourth-order valence-corrected chi connectivity index (χ4v) is 3.88. The van der Waals surface area contributed by atoms with Crippen LogP contribution in [0, 0.1) is 0 Å². The van der Waals surface area contributed by atoms with Crippen molar-refractivity contribution >= 4 is 10.9 Å². The Kier molecular flexibility index (Phi) is 2.07. The molecule has 0 spiro atoms. The highest BCUT2D eigenvalue weighted by Gasteiger charge is 2.46. The molecule has 0 saturated carbocycles. The number of likely N-dealkylation sites (N-methyl/N-ethyl adjacent to an activating group) is 1. The maximum atomic E-state index is 11.3. The summed E-state index contributed by atoms with van der Waals surface area (Å²) in [6, 6.07) is 6.30. The van der Waals surface area contributed by atoms with Crippen LogP contribution in [0.2, 0.25) is 0 Å². The van der Waals surface area contributed by atoms with Gasteiger partial charge in [0.05, 0.1) is 6.04 Å². The first-order valence-electron chi connectivity index (χ1n) is 6.80. The fraction of sp³-hybridized carbons (Fsp3) is 0.375. The lowest BCUT2D eigenvalue weighted by molar-refractivity contribution is -0.0139. The molecule has 2 atom stereocenters. The van der Waals surface area contributed by atoms with Crippen LogP contribution in [0.3, 0.4) is 0 Å². The van der Waals surface area contributed by atoms with Crippen molar-refractivity contribution in [3.05, 3.63) is 47.2 Å². The second-order valence-electron chi connectivity index (χ2n) is 5.99. The highest BCUT2D eigenvalue weighted by atomic mass is 16.3. The number of aromatic amines is 1. The lowest BCUT2D eigenvalue weighted by Crippen LogP contribution is -2.54. The third-order valence-corrected chi connectivity index (χ3v) is 4.64. The zero-order chi connectivity index (χ0) is 13.2. The minimum Gasteiger partial charge on any atom is -0.379 e. The molecule has 0 amide bonds. The van der Waals surface area contributed by atoms with Gasteiger partial charge in [-0.05, 0) is 43.7 Å². The van der Waals surface area contributed by atoms with Gasteiger partial charge < -0.3 is 10.1 Å². The second-order valence-corrected chi connectivity index (χ2v) is 5.99. The highest BCUT2D eigenvalue weighted by Crippen LogP contribution is 2.44. The number of aromatic nitrogens is 1. The van der Waals surface area contributed by atoms with Crippen molar-refractivity contribution in [1.29, 1.82) is 0 Å². The number of aliphatic hydroxyl groups is 1.